The van der Waals surface area contributed by atoms with Crippen LogP contribution in [0, 0.1) is 0 Å². The number of para-hydroxylation sites is 1. The number of amides is 1. The standard InChI is InChI=1S/C21H31NO4S/c1-5-10-16-11-9-12-17(22(16)19(23)26-21(2,3)4)15-24-20(27)25-18-13-7-6-8-14-18/h6-8,13-14,16-17H,5,9-12,15H2,1-4H3/t16-,17-/m1/s1. The molecule has 1 heterocycles. The van der Waals surface area contributed by atoms with Crippen LogP contribution in [0.2, 0.25) is 0 Å². The zero-order valence-corrected chi connectivity index (χ0v) is 17.6. The van der Waals surface area contributed by atoms with E-state index in [2.05, 4.69) is 6.92 Å². The van der Waals surface area contributed by atoms with Gasteiger partial charge < -0.3 is 14.2 Å². The number of ether oxygens (including phenoxy) is 3. The van der Waals surface area contributed by atoms with Crippen LogP contribution in [-0.2, 0) is 9.47 Å². The van der Waals surface area contributed by atoms with Crippen molar-refractivity contribution in [2.75, 3.05) is 6.61 Å². The van der Waals surface area contributed by atoms with Crippen molar-refractivity contribution in [3.8, 4) is 5.75 Å². The molecule has 5 nitrogen and oxygen atoms in total. The number of likely N-dealkylation sites (tertiary alicyclic amines) is 1. The molecule has 1 saturated heterocycles. The van der Waals surface area contributed by atoms with E-state index in [1.54, 1.807) is 0 Å². The lowest BCUT2D eigenvalue weighted by Crippen LogP contribution is -2.53. The Morgan fingerprint density at radius 2 is 1.85 bits per heavy atom. The first-order valence-electron chi connectivity index (χ1n) is 9.71. The van der Waals surface area contributed by atoms with Gasteiger partial charge in [0.2, 0.25) is 0 Å². The lowest BCUT2D eigenvalue weighted by Gasteiger charge is -2.42. The molecule has 1 aliphatic rings. The Labute approximate surface area is 168 Å². The summed E-state index contributed by atoms with van der Waals surface area (Å²) in [5.74, 6) is 0.638. The van der Waals surface area contributed by atoms with Gasteiger partial charge in [0.05, 0.1) is 6.04 Å². The van der Waals surface area contributed by atoms with Gasteiger partial charge in [-0.1, -0.05) is 31.5 Å². The third kappa shape index (κ3) is 7.01. The van der Waals surface area contributed by atoms with Gasteiger partial charge in [-0.3, -0.25) is 4.90 Å². The maximum absolute atomic E-state index is 12.8. The smallest absolute Gasteiger partial charge is 0.410 e. The number of piperidine rings is 1. The molecule has 0 spiro atoms. The highest BCUT2D eigenvalue weighted by Gasteiger charge is 2.37. The quantitative estimate of drug-likeness (QED) is 0.633. The van der Waals surface area contributed by atoms with E-state index in [-0.39, 0.29) is 23.4 Å². The van der Waals surface area contributed by atoms with Gasteiger partial charge in [-0.2, -0.15) is 0 Å². The number of hydrogen-bond acceptors (Lipinski definition) is 5. The third-order valence-electron chi connectivity index (χ3n) is 4.43. The molecule has 0 aromatic heterocycles. The molecule has 0 unspecified atom stereocenters. The lowest BCUT2D eigenvalue weighted by atomic mass is 9.93. The molecule has 0 bridgehead atoms. The van der Waals surface area contributed by atoms with Gasteiger partial charge in [0.1, 0.15) is 18.0 Å². The number of carbonyl (C=O) groups is 1. The van der Waals surface area contributed by atoms with Crippen molar-refractivity contribution in [1.29, 1.82) is 0 Å². The fraction of sp³-hybridized carbons (Fsp3) is 0.619. The Morgan fingerprint density at radius 1 is 1.19 bits per heavy atom. The minimum Gasteiger partial charge on any atom is -0.454 e. The highest BCUT2D eigenvalue weighted by molar-refractivity contribution is 7.79. The van der Waals surface area contributed by atoms with Gasteiger partial charge in [-0.25, -0.2) is 4.79 Å². The van der Waals surface area contributed by atoms with E-state index in [0.29, 0.717) is 12.4 Å². The normalized spacial score (nSPS) is 20.1. The van der Waals surface area contributed by atoms with Crippen molar-refractivity contribution in [3.63, 3.8) is 0 Å². The maximum Gasteiger partial charge on any atom is 0.410 e. The van der Waals surface area contributed by atoms with E-state index in [1.165, 1.54) is 0 Å². The minimum atomic E-state index is -0.525. The van der Waals surface area contributed by atoms with Crippen molar-refractivity contribution >= 4 is 23.5 Å². The van der Waals surface area contributed by atoms with E-state index in [1.807, 2.05) is 56.0 Å². The predicted octanol–water partition coefficient (Wildman–Crippen LogP) is 5.33. The summed E-state index contributed by atoms with van der Waals surface area (Å²) < 4.78 is 16.9. The Balaban J connectivity index is 2.00. The van der Waals surface area contributed by atoms with Crippen LogP contribution in [0.15, 0.2) is 30.3 Å². The largest absolute Gasteiger partial charge is 0.454 e. The average Bonchev–Trinajstić information content (AvgIpc) is 2.59. The van der Waals surface area contributed by atoms with Gasteiger partial charge in [-0.05, 0) is 58.6 Å². The SMILES string of the molecule is CCC[C@@H]1CCC[C@H](COC(=S)Oc2ccccc2)N1C(=O)OC(C)(C)C. The van der Waals surface area contributed by atoms with Gasteiger partial charge in [0.25, 0.3) is 0 Å². The summed E-state index contributed by atoms with van der Waals surface area (Å²) in [5, 5.41) is 0.0722. The Bertz CT molecular complexity index is 612. The molecule has 2 atom stereocenters. The van der Waals surface area contributed by atoms with Crippen molar-refractivity contribution in [1.82, 2.24) is 4.90 Å². The van der Waals surface area contributed by atoms with E-state index < -0.39 is 5.60 Å². The summed E-state index contributed by atoms with van der Waals surface area (Å²) in [6.45, 7) is 8.11. The van der Waals surface area contributed by atoms with Gasteiger partial charge in [0, 0.05) is 18.3 Å². The van der Waals surface area contributed by atoms with Gasteiger partial charge in [0.15, 0.2) is 0 Å². The zero-order valence-electron chi connectivity index (χ0n) is 16.8. The second kappa shape index (κ2) is 9.93. The highest BCUT2D eigenvalue weighted by atomic mass is 32.1. The fourth-order valence-electron chi connectivity index (χ4n) is 3.34. The average molecular weight is 394 g/mol. The molecule has 0 saturated carbocycles. The molecule has 1 aromatic rings. The van der Waals surface area contributed by atoms with Crippen LogP contribution >= 0.6 is 12.2 Å². The minimum absolute atomic E-state index is 0.0672. The first-order chi connectivity index (χ1) is 12.8. The molecule has 27 heavy (non-hydrogen) atoms. The van der Waals surface area contributed by atoms with Gasteiger partial charge in [-0.15, -0.1) is 0 Å². The summed E-state index contributed by atoms with van der Waals surface area (Å²) >= 11 is 5.20. The van der Waals surface area contributed by atoms with Crippen LogP contribution in [0.5, 0.6) is 5.75 Å². The third-order valence-corrected chi connectivity index (χ3v) is 4.63. The molecule has 0 aliphatic carbocycles. The summed E-state index contributed by atoms with van der Waals surface area (Å²) in [7, 11) is 0. The number of benzene rings is 1. The molecule has 1 aromatic carbocycles. The highest BCUT2D eigenvalue weighted by Crippen LogP contribution is 2.28. The summed E-state index contributed by atoms with van der Waals surface area (Å²) in [5.41, 5.74) is -0.525. The van der Waals surface area contributed by atoms with E-state index in [4.69, 9.17) is 26.4 Å². The van der Waals surface area contributed by atoms with Crippen LogP contribution in [0.1, 0.15) is 59.8 Å². The second-order valence-corrected chi connectivity index (χ2v) is 8.22. The lowest BCUT2D eigenvalue weighted by molar-refractivity contribution is -0.0164. The van der Waals surface area contributed by atoms with Gasteiger partial charge >= 0.3 is 11.3 Å². The molecule has 6 heteroatoms. The number of hydrogen-bond donors (Lipinski definition) is 0. The summed E-state index contributed by atoms with van der Waals surface area (Å²) in [6.07, 6.45) is 4.63. The Morgan fingerprint density at radius 3 is 2.48 bits per heavy atom. The monoisotopic (exact) mass is 393 g/mol. The number of thiocarbonyl (C=S) groups is 1. The Hall–Kier alpha value is -1.82. The van der Waals surface area contributed by atoms with Crippen LogP contribution in [0.3, 0.4) is 0 Å². The zero-order chi connectivity index (χ0) is 19.9. The topological polar surface area (TPSA) is 48.0 Å². The molecule has 150 valence electrons. The van der Waals surface area contributed by atoms with E-state index >= 15 is 0 Å². The second-order valence-electron chi connectivity index (χ2n) is 7.89. The fourth-order valence-corrected chi connectivity index (χ4v) is 3.50. The number of nitrogens with zero attached hydrogens (tertiary/aromatic N) is 1. The first-order valence-corrected chi connectivity index (χ1v) is 10.1. The maximum atomic E-state index is 12.8. The molecule has 1 fully saturated rings. The van der Waals surface area contributed by atoms with Crippen LogP contribution in [0.4, 0.5) is 4.79 Å². The molecular weight excluding hydrogens is 362 g/mol. The molecule has 2 rings (SSSR count). The predicted molar refractivity (Wildman–Crippen MR) is 110 cm³/mol. The number of carbonyl (C=O) groups excluding carboxylic acids is 1. The van der Waals surface area contributed by atoms with E-state index in [9.17, 15) is 4.79 Å². The molecule has 1 amide bonds. The van der Waals surface area contributed by atoms with Crippen molar-refractivity contribution in [2.24, 2.45) is 0 Å². The summed E-state index contributed by atoms with van der Waals surface area (Å²) in [4.78, 5) is 14.7. The Kier molecular flexibility index (Phi) is 7.90. The van der Waals surface area contributed by atoms with Crippen LogP contribution < -0.4 is 4.74 Å². The molecular formula is C21H31NO4S. The van der Waals surface area contributed by atoms with Crippen molar-refractivity contribution < 1.29 is 19.0 Å². The molecule has 0 radical (unpaired) electrons. The number of rotatable bonds is 5. The summed E-state index contributed by atoms with van der Waals surface area (Å²) in [6, 6.07) is 9.40. The van der Waals surface area contributed by atoms with Crippen molar-refractivity contribution in [3.05, 3.63) is 30.3 Å². The van der Waals surface area contributed by atoms with Crippen molar-refractivity contribution in [2.45, 2.75) is 77.5 Å². The van der Waals surface area contributed by atoms with Crippen LogP contribution in [0.25, 0.3) is 0 Å². The molecule has 0 N–H and O–H groups in total. The first kappa shape index (κ1) is 21.5. The van der Waals surface area contributed by atoms with Crippen LogP contribution in [-0.4, -0.2) is 40.5 Å². The molecule has 1 aliphatic heterocycles. The van der Waals surface area contributed by atoms with E-state index in [0.717, 1.165) is 32.1 Å².